The molecule has 0 N–H and O–H groups in total. The monoisotopic (exact) mass is 312 g/mol. The van der Waals surface area contributed by atoms with Crippen molar-refractivity contribution in [2.24, 2.45) is 0 Å². The van der Waals surface area contributed by atoms with Crippen molar-refractivity contribution in [3.05, 3.63) is 59.9 Å². The highest BCUT2D eigenvalue weighted by molar-refractivity contribution is 5.64. The van der Waals surface area contributed by atoms with E-state index in [0.717, 1.165) is 12.0 Å². The maximum Gasteiger partial charge on any atom is 0.131 e. The van der Waals surface area contributed by atoms with Crippen molar-refractivity contribution >= 4 is 0 Å². The van der Waals surface area contributed by atoms with Crippen molar-refractivity contribution in [3.63, 3.8) is 0 Å². The molecule has 1 heterocycles. The Morgan fingerprint density at radius 1 is 0.913 bits per heavy atom. The predicted octanol–water partition coefficient (Wildman–Crippen LogP) is 3.67. The van der Waals surface area contributed by atoms with Crippen LogP contribution in [0.2, 0.25) is 0 Å². The standard InChI is InChI=1S/C20H25FN2/c1-22-13-15-23(16-14-22)12-4-5-17-8-10-18(11-9-17)19-6-2-3-7-20(19)21/h2-3,6-11H,4-5,12-16H2,1H3. The summed E-state index contributed by atoms with van der Waals surface area (Å²) in [6.45, 7) is 5.89. The van der Waals surface area contributed by atoms with Crippen LogP contribution in [-0.2, 0) is 6.42 Å². The molecule has 0 atom stereocenters. The number of hydrogen-bond donors (Lipinski definition) is 0. The van der Waals surface area contributed by atoms with Crippen molar-refractivity contribution in [2.45, 2.75) is 12.8 Å². The van der Waals surface area contributed by atoms with Gasteiger partial charge in [-0.25, -0.2) is 4.39 Å². The number of rotatable bonds is 5. The fraction of sp³-hybridized carbons (Fsp3) is 0.400. The molecule has 122 valence electrons. The summed E-state index contributed by atoms with van der Waals surface area (Å²) < 4.78 is 13.8. The van der Waals surface area contributed by atoms with E-state index in [1.54, 1.807) is 6.07 Å². The van der Waals surface area contributed by atoms with Crippen molar-refractivity contribution in [1.29, 1.82) is 0 Å². The number of halogens is 1. The largest absolute Gasteiger partial charge is 0.304 e. The molecule has 1 fully saturated rings. The molecule has 0 spiro atoms. The maximum atomic E-state index is 13.8. The Labute approximate surface area is 138 Å². The van der Waals surface area contributed by atoms with Gasteiger partial charge in [0.15, 0.2) is 0 Å². The second-order valence-electron chi connectivity index (χ2n) is 6.43. The second-order valence-corrected chi connectivity index (χ2v) is 6.43. The van der Waals surface area contributed by atoms with E-state index in [0.29, 0.717) is 5.56 Å². The van der Waals surface area contributed by atoms with Crippen molar-refractivity contribution < 1.29 is 4.39 Å². The third-order valence-corrected chi connectivity index (χ3v) is 4.67. The summed E-state index contributed by atoms with van der Waals surface area (Å²) in [6, 6.07) is 15.3. The minimum absolute atomic E-state index is 0.157. The molecule has 3 heteroatoms. The van der Waals surface area contributed by atoms with Crippen LogP contribution in [0.4, 0.5) is 4.39 Å². The quantitative estimate of drug-likeness (QED) is 0.831. The Bertz CT molecular complexity index is 616. The first-order chi connectivity index (χ1) is 11.2. The summed E-state index contributed by atoms with van der Waals surface area (Å²) in [5.74, 6) is -0.157. The van der Waals surface area contributed by atoms with Crippen LogP contribution < -0.4 is 0 Å². The van der Waals surface area contributed by atoms with E-state index in [1.165, 1.54) is 50.8 Å². The van der Waals surface area contributed by atoms with E-state index >= 15 is 0 Å². The van der Waals surface area contributed by atoms with E-state index in [1.807, 2.05) is 24.3 Å². The van der Waals surface area contributed by atoms with Crippen LogP contribution in [0.5, 0.6) is 0 Å². The maximum absolute atomic E-state index is 13.8. The summed E-state index contributed by atoms with van der Waals surface area (Å²) in [5, 5.41) is 0. The molecule has 1 aliphatic rings. The van der Waals surface area contributed by atoms with Crippen molar-refractivity contribution in [3.8, 4) is 11.1 Å². The molecule has 2 aromatic rings. The minimum Gasteiger partial charge on any atom is -0.304 e. The van der Waals surface area contributed by atoms with Gasteiger partial charge in [0.2, 0.25) is 0 Å². The normalized spacial score (nSPS) is 16.6. The van der Waals surface area contributed by atoms with Gasteiger partial charge in [-0.05, 0) is 43.6 Å². The zero-order chi connectivity index (χ0) is 16.1. The molecular weight excluding hydrogens is 287 g/mol. The van der Waals surface area contributed by atoms with Crippen LogP contribution in [-0.4, -0.2) is 49.6 Å². The molecular formula is C20H25FN2. The van der Waals surface area contributed by atoms with Crippen LogP contribution >= 0.6 is 0 Å². The fourth-order valence-corrected chi connectivity index (χ4v) is 3.12. The van der Waals surface area contributed by atoms with Crippen molar-refractivity contribution in [1.82, 2.24) is 9.80 Å². The molecule has 2 aromatic carbocycles. The smallest absolute Gasteiger partial charge is 0.131 e. The summed E-state index contributed by atoms with van der Waals surface area (Å²) in [7, 11) is 2.19. The number of likely N-dealkylation sites (N-methyl/N-ethyl adjacent to an activating group) is 1. The molecule has 23 heavy (non-hydrogen) atoms. The lowest BCUT2D eigenvalue weighted by atomic mass is 10.0. The van der Waals surface area contributed by atoms with Crippen LogP contribution in [0.25, 0.3) is 11.1 Å². The summed E-state index contributed by atoms with van der Waals surface area (Å²) in [5.41, 5.74) is 2.96. The molecule has 0 saturated carbocycles. The van der Waals surface area contributed by atoms with Crippen LogP contribution in [0, 0.1) is 5.82 Å². The summed E-state index contributed by atoms with van der Waals surface area (Å²) >= 11 is 0. The molecule has 0 amide bonds. The number of aryl methyl sites for hydroxylation is 1. The summed E-state index contributed by atoms with van der Waals surface area (Å²) in [4.78, 5) is 4.94. The Kier molecular flexibility index (Phi) is 5.42. The number of piperazine rings is 1. The average Bonchev–Trinajstić information content (AvgIpc) is 2.58. The Morgan fingerprint density at radius 2 is 1.61 bits per heavy atom. The lowest BCUT2D eigenvalue weighted by molar-refractivity contribution is 0.153. The van der Waals surface area contributed by atoms with Gasteiger partial charge >= 0.3 is 0 Å². The zero-order valence-corrected chi connectivity index (χ0v) is 13.8. The number of nitrogens with zero attached hydrogens (tertiary/aromatic N) is 2. The first kappa shape index (κ1) is 16.2. The molecule has 0 bridgehead atoms. The molecule has 1 saturated heterocycles. The highest BCUT2D eigenvalue weighted by Gasteiger charge is 2.12. The highest BCUT2D eigenvalue weighted by atomic mass is 19.1. The third kappa shape index (κ3) is 4.40. The third-order valence-electron chi connectivity index (χ3n) is 4.67. The molecule has 0 aromatic heterocycles. The number of benzene rings is 2. The van der Waals surface area contributed by atoms with Crippen LogP contribution in [0.3, 0.4) is 0 Å². The summed E-state index contributed by atoms with van der Waals surface area (Å²) in [6.07, 6.45) is 2.27. The van der Waals surface area contributed by atoms with Gasteiger partial charge in [0.05, 0.1) is 0 Å². The van der Waals surface area contributed by atoms with Gasteiger partial charge in [-0.2, -0.15) is 0 Å². The van der Waals surface area contributed by atoms with Gasteiger partial charge < -0.3 is 9.80 Å². The van der Waals surface area contributed by atoms with Crippen LogP contribution in [0.1, 0.15) is 12.0 Å². The van der Waals surface area contributed by atoms with Gasteiger partial charge in [-0.15, -0.1) is 0 Å². The van der Waals surface area contributed by atoms with Gasteiger partial charge in [0.25, 0.3) is 0 Å². The minimum atomic E-state index is -0.157. The van der Waals surface area contributed by atoms with Crippen molar-refractivity contribution in [2.75, 3.05) is 39.8 Å². The van der Waals surface area contributed by atoms with E-state index in [9.17, 15) is 4.39 Å². The second kappa shape index (κ2) is 7.71. The van der Waals surface area contributed by atoms with Gasteiger partial charge in [-0.3, -0.25) is 0 Å². The zero-order valence-electron chi connectivity index (χ0n) is 13.8. The Hall–Kier alpha value is -1.71. The molecule has 2 nitrogen and oxygen atoms in total. The molecule has 0 aliphatic carbocycles. The highest BCUT2D eigenvalue weighted by Crippen LogP contribution is 2.23. The van der Waals surface area contributed by atoms with Gasteiger partial charge in [0.1, 0.15) is 5.82 Å². The molecule has 1 aliphatic heterocycles. The van der Waals surface area contributed by atoms with E-state index < -0.39 is 0 Å². The Balaban J connectivity index is 1.51. The molecule has 0 radical (unpaired) electrons. The SMILES string of the molecule is CN1CCN(CCCc2ccc(-c3ccccc3F)cc2)CC1. The molecule has 3 rings (SSSR count). The Morgan fingerprint density at radius 3 is 2.30 bits per heavy atom. The predicted molar refractivity (Wildman–Crippen MR) is 94.1 cm³/mol. The fourth-order valence-electron chi connectivity index (χ4n) is 3.12. The van der Waals surface area contributed by atoms with Crippen LogP contribution in [0.15, 0.2) is 48.5 Å². The topological polar surface area (TPSA) is 6.48 Å². The first-order valence-corrected chi connectivity index (χ1v) is 8.47. The molecule has 0 unspecified atom stereocenters. The first-order valence-electron chi connectivity index (χ1n) is 8.47. The average molecular weight is 312 g/mol. The van der Waals surface area contributed by atoms with Gasteiger partial charge in [-0.1, -0.05) is 42.5 Å². The lowest BCUT2D eigenvalue weighted by Crippen LogP contribution is -2.44. The number of hydrogen-bond acceptors (Lipinski definition) is 2. The van der Waals surface area contributed by atoms with E-state index in [4.69, 9.17) is 0 Å². The van der Waals surface area contributed by atoms with Gasteiger partial charge in [0, 0.05) is 31.7 Å². The lowest BCUT2D eigenvalue weighted by Gasteiger charge is -2.32. The van der Waals surface area contributed by atoms with E-state index in [-0.39, 0.29) is 5.82 Å². The van der Waals surface area contributed by atoms with E-state index in [2.05, 4.69) is 29.0 Å².